The van der Waals surface area contributed by atoms with Gasteiger partial charge in [0.15, 0.2) is 0 Å². The van der Waals surface area contributed by atoms with Gasteiger partial charge in [0.25, 0.3) is 0 Å². The number of ether oxygens (including phenoxy) is 1. The highest BCUT2D eigenvalue weighted by Crippen LogP contribution is 2.36. The average Bonchev–Trinajstić information content (AvgIpc) is 3.27. The van der Waals surface area contributed by atoms with E-state index in [1.54, 1.807) is 0 Å². The van der Waals surface area contributed by atoms with Crippen LogP contribution in [-0.4, -0.2) is 61.2 Å². The van der Waals surface area contributed by atoms with Crippen molar-refractivity contribution in [2.75, 3.05) is 39.4 Å². The van der Waals surface area contributed by atoms with Gasteiger partial charge in [-0.15, -0.1) is 0 Å². The summed E-state index contributed by atoms with van der Waals surface area (Å²) in [6.07, 6.45) is 7.62. The Morgan fingerprint density at radius 3 is 2.76 bits per heavy atom. The molecule has 2 heterocycles. The fraction of sp³-hybridized carbons (Fsp3) is 0.565. The average molecular weight is 401 g/mol. The fourth-order valence-corrected chi connectivity index (χ4v) is 4.08. The summed E-state index contributed by atoms with van der Waals surface area (Å²) in [7, 11) is 0. The number of amides is 1. The van der Waals surface area contributed by atoms with Gasteiger partial charge in [-0.2, -0.15) is 5.06 Å². The molecule has 0 radical (unpaired) electrons. The van der Waals surface area contributed by atoms with E-state index in [0.29, 0.717) is 39.1 Å². The minimum absolute atomic E-state index is 0.0842. The van der Waals surface area contributed by atoms with Crippen LogP contribution in [0.2, 0.25) is 0 Å². The number of nitrogens with zero attached hydrogens (tertiary/aromatic N) is 2. The molecular weight excluding hydrogens is 368 g/mol. The van der Waals surface area contributed by atoms with E-state index < -0.39 is 5.41 Å². The Balaban J connectivity index is 1.65. The molecule has 3 rings (SSSR count). The Hall–Kier alpha value is -2.18. The Bertz CT molecular complexity index is 700. The minimum Gasteiger partial charge on any atom is -0.466 e. The molecule has 0 aromatic heterocycles. The van der Waals surface area contributed by atoms with Crippen LogP contribution in [0.5, 0.6) is 0 Å². The van der Waals surface area contributed by atoms with Crippen molar-refractivity contribution in [1.29, 1.82) is 0 Å². The third kappa shape index (κ3) is 5.90. The molecule has 1 aromatic rings. The van der Waals surface area contributed by atoms with Crippen molar-refractivity contribution in [2.45, 2.75) is 39.0 Å². The first-order valence-electron chi connectivity index (χ1n) is 10.7. The summed E-state index contributed by atoms with van der Waals surface area (Å²) >= 11 is 0. The number of hydrogen-bond donors (Lipinski definition) is 0. The van der Waals surface area contributed by atoms with Crippen molar-refractivity contribution in [3.63, 3.8) is 0 Å². The number of hydrogen-bond acceptors (Lipinski definition) is 5. The molecule has 0 saturated carbocycles. The first-order valence-corrected chi connectivity index (χ1v) is 10.7. The fourth-order valence-electron chi connectivity index (χ4n) is 4.08. The van der Waals surface area contributed by atoms with Gasteiger partial charge in [0.2, 0.25) is 5.91 Å². The lowest BCUT2D eigenvalue weighted by Crippen LogP contribution is -2.50. The molecule has 0 aliphatic carbocycles. The topological polar surface area (TPSA) is 59.1 Å². The summed E-state index contributed by atoms with van der Waals surface area (Å²) in [6.45, 7) is 5.52. The highest BCUT2D eigenvalue weighted by Gasteiger charge is 2.43. The molecule has 6 heteroatoms. The Labute approximate surface area is 173 Å². The second-order valence-electron chi connectivity index (χ2n) is 7.80. The quantitative estimate of drug-likeness (QED) is 0.627. The third-order valence-corrected chi connectivity index (χ3v) is 5.66. The van der Waals surface area contributed by atoms with Crippen molar-refractivity contribution in [1.82, 2.24) is 9.96 Å². The lowest BCUT2D eigenvalue weighted by Gasteiger charge is -2.40. The van der Waals surface area contributed by atoms with Crippen LogP contribution in [0.3, 0.4) is 0 Å². The Morgan fingerprint density at radius 1 is 1.21 bits per heavy atom. The predicted molar refractivity (Wildman–Crippen MR) is 112 cm³/mol. The van der Waals surface area contributed by atoms with E-state index in [4.69, 9.17) is 9.57 Å². The van der Waals surface area contributed by atoms with Gasteiger partial charge >= 0.3 is 5.97 Å². The summed E-state index contributed by atoms with van der Waals surface area (Å²) in [5.41, 5.74) is 0.431. The minimum atomic E-state index is -0.667. The molecule has 29 heavy (non-hydrogen) atoms. The number of piperidine rings is 1. The highest BCUT2D eigenvalue weighted by molar-refractivity contribution is 5.81. The number of hydroxylamine groups is 2. The molecule has 2 aliphatic heterocycles. The zero-order valence-electron chi connectivity index (χ0n) is 17.3. The molecule has 1 amide bonds. The smallest absolute Gasteiger partial charge is 0.314 e. The first kappa shape index (κ1) is 21.5. The molecule has 0 N–H and O–H groups in total. The monoisotopic (exact) mass is 400 g/mol. The predicted octanol–water partition coefficient (Wildman–Crippen LogP) is 3.29. The van der Waals surface area contributed by atoms with Gasteiger partial charge in [-0.3, -0.25) is 14.4 Å². The number of allylic oxidation sites excluding steroid dienone is 1. The van der Waals surface area contributed by atoms with Gasteiger partial charge in [-0.05, 0) is 38.2 Å². The molecule has 2 saturated heterocycles. The number of rotatable bonds is 8. The van der Waals surface area contributed by atoms with Gasteiger partial charge in [0.1, 0.15) is 0 Å². The Morgan fingerprint density at radius 2 is 2.03 bits per heavy atom. The van der Waals surface area contributed by atoms with E-state index in [-0.39, 0.29) is 11.9 Å². The van der Waals surface area contributed by atoms with Gasteiger partial charge in [0, 0.05) is 32.6 Å². The van der Waals surface area contributed by atoms with Gasteiger partial charge in [0.05, 0.1) is 18.6 Å². The molecule has 0 unspecified atom stereocenters. The second kappa shape index (κ2) is 10.6. The number of esters is 1. The van der Waals surface area contributed by atoms with E-state index in [0.717, 1.165) is 38.0 Å². The van der Waals surface area contributed by atoms with Crippen LogP contribution in [0.1, 0.15) is 44.6 Å². The normalized spacial score (nSPS) is 22.9. The van der Waals surface area contributed by atoms with E-state index in [1.165, 1.54) is 0 Å². The van der Waals surface area contributed by atoms with Gasteiger partial charge in [-0.1, -0.05) is 42.5 Å². The maximum absolute atomic E-state index is 12.9. The van der Waals surface area contributed by atoms with E-state index in [1.807, 2.05) is 59.4 Å². The van der Waals surface area contributed by atoms with E-state index in [2.05, 4.69) is 0 Å². The molecule has 1 aromatic carbocycles. The first-order chi connectivity index (χ1) is 14.1. The molecule has 1 atom stereocenters. The molecule has 6 nitrogen and oxygen atoms in total. The maximum Gasteiger partial charge on any atom is 0.314 e. The van der Waals surface area contributed by atoms with Crippen LogP contribution in [0.25, 0.3) is 6.08 Å². The summed E-state index contributed by atoms with van der Waals surface area (Å²) in [6, 6.07) is 10.0. The van der Waals surface area contributed by atoms with Gasteiger partial charge in [-0.25, -0.2) is 0 Å². The second-order valence-corrected chi connectivity index (χ2v) is 7.80. The van der Waals surface area contributed by atoms with Crippen molar-refractivity contribution in [2.24, 2.45) is 5.41 Å². The standard InChI is InChI=1S/C23H32N2O4/c1-2-28-22(27)23(13-6-11-20-9-4-3-5-10-20)14-7-15-24(19-23)21(26)12-17-25-16-8-18-29-25/h3-6,9-11H,2,7-8,12-19H2,1H3/b11-6+/t23-/m0/s1. The van der Waals surface area contributed by atoms with Gasteiger partial charge < -0.3 is 9.64 Å². The summed E-state index contributed by atoms with van der Waals surface area (Å²) in [5.74, 6) is -0.112. The van der Waals surface area contributed by atoms with Crippen LogP contribution in [-0.2, 0) is 19.2 Å². The number of carbonyl (C=O) groups is 2. The van der Waals surface area contributed by atoms with Crippen LogP contribution in [0.4, 0.5) is 0 Å². The lowest BCUT2D eigenvalue weighted by atomic mass is 9.76. The van der Waals surface area contributed by atoms with Crippen molar-refractivity contribution in [3.8, 4) is 0 Å². The van der Waals surface area contributed by atoms with Crippen LogP contribution in [0.15, 0.2) is 36.4 Å². The molecule has 0 spiro atoms. The van der Waals surface area contributed by atoms with Crippen molar-refractivity contribution in [3.05, 3.63) is 42.0 Å². The number of likely N-dealkylation sites (tertiary alicyclic amines) is 1. The largest absolute Gasteiger partial charge is 0.466 e. The zero-order chi connectivity index (χ0) is 20.5. The molecule has 0 bridgehead atoms. The van der Waals surface area contributed by atoms with E-state index in [9.17, 15) is 9.59 Å². The summed E-state index contributed by atoms with van der Waals surface area (Å²) in [5, 5.41) is 1.86. The molecule has 2 aliphatic rings. The molecular formula is C23H32N2O4. The molecule has 2 fully saturated rings. The zero-order valence-corrected chi connectivity index (χ0v) is 17.3. The highest BCUT2D eigenvalue weighted by atomic mass is 16.7. The summed E-state index contributed by atoms with van der Waals surface area (Å²) < 4.78 is 5.42. The molecule has 158 valence electrons. The SMILES string of the molecule is CCOC(=O)[C@@]1(C/C=C/c2ccccc2)CCCN(C(=O)CCN2CCCO2)C1. The van der Waals surface area contributed by atoms with Crippen molar-refractivity contribution < 1.29 is 19.2 Å². The summed E-state index contributed by atoms with van der Waals surface area (Å²) in [4.78, 5) is 33.0. The van der Waals surface area contributed by atoms with Crippen molar-refractivity contribution >= 4 is 18.0 Å². The maximum atomic E-state index is 12.9. The van der Waals surface area contributed by atoms with Crippen LogP contribution >= 0.6 is 0 Å². The Kier molecular flexibility index (Phi) is 7.83. The van der Waals surface area contributed by atoms with Crippen LogP contribution in [0, 0.1) is 5.41 Å². The van der Waals surface area contributed by atoms with Crippen LogP contribution < -0.4 is 0 Å². The lowest BCUT2D eigenvalue weighted by molar-refractivity contribution is -0.161. The number of benzene rings is 1. The number of carbonyl (C=O) groups excluding carboxylic acids is 2. The van der Waals surface area contributed by atoms with E-state index >= 15 is 0 Å². The third-order valence-electron chi connectivity index (χ3n) is 5.66.